The van der Waals surface area contributed by atoms with Gasteiger partial charge in [0.05, 0.1) is 6.61 Å². The fourth-order valence-electron chi connectivity index (χ4n) is 6.18. The lowest BCUT2D eigenvalue weighted by Gasteiger charge is -2.28. The number of aromatic nitrogens is 2. The summed E-state index contributed by atoms with van der Waals surface area (Å²) in [7, 11) is 0. The molecule has 0 bridgehead atoms. The van der Waals surface area contributed by atoms with Gasteiger partial charge >= 0.3 is 0 Å². The van der Waals surface area contributed by atoms with Crippen molar-refractivity contribution >= 4 is 0 Å². The maximum absolute atomic E-state index is 6.26. The number of hydrogen-bond acceptors (Lipinski definition) is 3. The lowest BCUT2D eigenvalue weighted by Crippen LogP contribution is -2.20. The van der Waals surface area contributed by atoms with E-state index < -0.39 is 0 Å². The Labute approximate surface area is 241 Å². The number of unbranched alkanes of at least 4 members (excludes halogenated alkanes) is 12. The molecule has 0 radical (unpaired) electrons. The van der Waals surface area contributed by atoms with Crippen molar-refractivity contribution in [3.8, 4) is 17.1 Å². The van der Waals surface area contributed by atoms with Crippen LogP contribution in [0.3, 0.4) is 0 Å². The van der Waals surface area contributed by atoms with Gasteiger partial charge in [0, 0.05) is 18.0 Å². The highest BCUT2D eigenvalue weighted by molar-refractivity contribution is 5.61. The van der Waals surface area contributed by atoms with Gasteiger partial charge in [-0.1, -0.05) is 117 Å². The highest BCUT2D eigenvalue weighted by Crippen LogP contribution is 2.33. The number of ether oxygens (including phenoxy) is 1. The average molecular weight is 535 g/mol. The third kappa shape index (κ3) is 12.4. The quantitative estimate of drug-likeness (QED) is 0.158. The molecule has 3 nitrogen and oxygen atoms in total. The van der Waals surface area contributed by atoms with E-state index in [1.54, 1.807) is 0 Å². The molecule has 0 saturated heterocycles. The Bertz CT molecular complexity index is 885. The molecular weight excluding hydrogens is 476 g/mol. The van der Waals surface area contributed by atoms with Crippen LogP contribution in [0.4, 0.5) is 0 Å². The Hall–Kier alpha value is -1.90. The first-order chi connectivity index (χ1) is 19.2. The first kappa shape index (κ1) is 31.6. The molecule has 1 aromatic carbocycles. The molecule has 0 atom stereocenters. The zero-order valence-electron chi connectivity index (χ0n) is 25.7. The smallest absolute Gasteiger partial charge is 0.159 e. The van der Waals surface area contributed by atoms with Crippen molar-refractivity contribution in [1.82, 2.24) is 9.97 Å². The highest BCUT2D eigenvalue weighted by Gasteiger charge is 2.21. The summed E-state index contributed by atoms with van der Waals surface area (Å²) in [6.07, 6.45) is 31.4. The molecular formula is C36H58N2O. The Morgan fingerprint density at radius 1 is 0.692 bits per heavy atom. The van der Waals surface area contributed by atoms with Gasteiger partial charge in [-0.2, -0.15) is 0 Å². The van der Waals surface area contributed by atoms with E-state index in [2.05, 4.69) is 39.0 Å². The van der Waals surface area contributed by atoms with E-state index in [4.69, 9.17) is 14.7 Å². The van der Waals surface area contributed by atoms with Gasteiger partial charge in [-0.15, -0.1) is 0 Å². The van der Waals surface area contributed by atoms with Crippen LogP contribution in [0.15, 0.2) is 30.6 Å². The second-order valence-corrected chi connectivity index (χ2v) is 12.4. The molecule has 39 heavy (non-hydrogen) atoms. The molecule has 1 fully saturated rings. The maximum Gasteiger partial charge on any atom is 0.159 e. The van der Waals surface area contributed by atoms with E-state index in [-0.39, 0.29) is 0 Å². The molecule has 1 aromatic heterocycles. The lowest BCUT2D eigenvalue weighted by atomic mass is 9.80. The van der Waals surface area contributed by atoms with E-state index in [0.717, 1.165) is 36.1 Å². The minimum Gasteiger partial charge on any atom is -0.493 e. The average Bonchev–Trinajstić information content (AvgIpc) is 2.96. The van der Waals surface area contributed by atoms with Crippen molar-refractivity contribution in [2.24, 2.45) is 11.8 Å². The molecule has 1 heterocycles. The molecule has 3 heteroatoms. The van der Waals surface area contributed by atoms with Gasteiger partial charge in [0.1, 0.15) is 5.75 Å². The van der Waals surface area contributed by atoms with Crippen LogP contribution in [-0.4, -0.2) is 16.6 Å². The van der Waals surface area contributed by atoms with E-state index in [1.807, 2.05) is 12.4 Å². The largest absolute Gasteiger partial charge is 0.493 e. The summed E-state index contributed by atoms with van der Waals surface area (Å²) < 4.78 is 6.26. The minimum absolute atomic E-state index is 0.711. The molecule has 0 aliphatic heterocycles. The molecule has 0 amide bonds. The first-order valence-corrected chi connectivity index (χ1v) is 16.7. The lowest BCUT2D eigenvalue weighted by molar-refractivity contribution is 0.177. The second kappa shape index (κ2) is 19.2. The van der Waals surface area contributed by atoms with Crippen molar-refractivity contribution in [3.05, 3.63) is 41.7 Å². The number of aryl methyl sites for hydroxylation is 2. The van der Waals surface area contributed by atoms with Crippen LogP contribution in [-0.2, 0) is 6.42 Å². The van der Waals surface area contributed by atoms with Gasteiger partial charge in [-0.3, -0.25) is 0 Å². The van der Waals surface area contributed by atoms with Gasteiger partial charge < -0.3 is 4.74 Å². The molecule has 3 rings (SSSR count). The molecule has 0 N–H and O–H groups in total. The van der Waals surface area contributed by atoms with Crippen molar-refractivity contribution in [1.29, 1.82) is 0 Å². The zero-order chi connectivity index (χ0) is 27.5. The molecule has 0 spiro atoms. The molecule has 1 aliphatic carbocycles. The van der Waals surface area contributed by atoms with Crippen LogP contribution in [0, 0.1) is 18.8 Å². The summed E-state index contributed by atoms with van der Waals surface area (Å²) in [5, 5.41) is 0. The van der Waals surface area contributed by atoms with Crippen LogP contribution in [0.2, 0.25) is 0 Å². The summed E-state index contributed by atoms with van der Waals surface area (Å²) in [4.78, 5) is 9.39. The molecule has 2 aromatic rings. The van der Waals surface area contributed by atoms with Crippen LogP contribution in [0.1, 0.15) is 147 Å². The standard InChI is InChI=1S/C36H58N2O/c1-4-6-8-10-12-14-16-18-31-20-22-32(23-21-31)29-39-34-24-25-35(30(3)26-34)36-37-27-33(28-38-36)19-17-15-13-11-9-7-5-2/h24-28,31-32H,4-23,29H2,1-3H3/t31-,32-. The summed E-state index contributed by atoms with van der Waals surface area (Å²) in [5.41, 5.74) is 3.54. The Morgan fingerprint density at radius 3 is 1.87 bits per heavy atom. The first-order valence-electron chi connectivity index (χ1n) is 16.7. The predicted octanol–water partition coefficient (Wildman–Crippen LogP) is 11.1. The molecule has 1 saturated carbocycles. The predicted molar refractivity (Wildman–Crippen MR) is 167 cm³/mol. The summed E-state index contributed by atoms with van der Waals surface area (Å²) in [6.45, 7) is 7.57. The second-order valence-electron chi connectivity index (χ2n) is 12.4. The number of rotatable bonds is 20. The Morgan fingerprint density at radius 2 is 1.26 bits per heavy atom. The SMILES string of the molecule is CCCCCCCCCc1cnc(-c2ccc(OC[C@H]3CC[C@H](CCCCCCCCC)CC3)cc2C)nc1. The molecule has 218 valence electrons. The summed E-state index contributed by atoms with van der Waals surface area (Å²) >= 11 is 0. The van der Waals surface area contributed by atoms with Gasteiger partial charge in [0.15, 0.2) is 5.82 Å². The van der Waals surface area contributed by atoms with Crippen molar-refractivity contribution < 1.29 is 4.74 Å². The zero-order valence-corrected chi connectivity index (χ0v) is 25.7. The van der Waals surface area contributed by atoms with Crippen LogP contribution >= 0.6 is 0 Å². The molecule has 0 unspecified atom stereocenters. The summed E-state index contributed by atoms with van der Waals surface area (Å²) in [6, 6.07) is 6.40. The van der Waals surface area contributed by atoms with Gasteiger partial charge in [-0.05, 0) is 73.8 Å². The van der Waals surface area contributed by atoms with E-state index in [0.29, 0.717) is 5.92 Å². The van der Waals surface area contributed by atoms with Crippen molar-refractivity contribution in [2.75, 3.05) is 6.61 Å². The van der Waals surface area contributed by atoms with Crippen molar-refractivity contribution in [2.45, 2.75) is 149 Å². The van der Waals surface area contributed by atoms with E-state index in [1.165, 1.54) is 133 Å². The van der Waals surface area contributed by atoms with Gasteiger partial charge in [-0.25, -0.2) is 9.97 Å². The molecule has 1 aliphatic rings. The van der Waals surface area contributed by atoms with E-state index in [9.17, 15) is 0 Å². The fourth-order valence-corrected chi connectivity index (χ4v) is 6.18. The van der Waals surface area contributed by atoms with Crippen molar-refractivity contribution in [3.63, 3.8) is 0 Å². The Balaban J connectivity index is 1.32. The normalized spacial score (nSPS) is 17.4. The van der Waals surface area contributed by atoms with Crippen LogP contribution in [0.5, 0.6) is 5.75 Å². The van der Waals surface area contributed by atoms with Crippen LogP contribution in [0.25, 0.3) is 11.4 Å². The maximum atomic E-state index is 6.26. The number of hydrogen-bond donors (Lipinski definition) is 0. The van der Waals surface area contributed by atoms with E-state index >= 15 is 0 Å². The minimum atomic E-state index is 0.711. The fraction of sp³-hybridized carbons (Fsp3) is 0.722. The Kier molecular flexibility index (Phi) is 15.6. The van der Waals surface area contributed by atoms with Gasteiger partial charge in [0.25, 0.3) is 0 Å². The highest BCUT2D eigenvalue weighted by atomic mass is 16.5. The van der Waals surface area contributed by atoms with Crippen LogP contribution < -0.4 is 4.74 Å². The van der Waals surface area contributed by atoms with Gasteiger partial charge in [0.2, 0.25) is 0 Å². The summed E-state index contributed by atoms with van der Waals surface area (Å²) in [5.74, 6) is 3.47. The number of benzene rings is 1. The number of nitrogens with zero attached hydrogens (tertiary/aromatic N) is 2. The monoisotopic (exact) mass is 534 g/mol. The topological polar surface area (TPSA) is 35.0 Å². The third-order valence-electron chi connectivity index (χ3n) is 8.88. The third-order valence-corrected chi connectivity index (χ3v) is 8.88.